The molecule has 0 aromatic heterocycles. The van der Waals surface area contributed by atoms with Gasteiger partial charge in [-0.25, -0.2) is 0 Å². The summed E-state index contributed by atoms with van der Waals surface area (Å²) in [6.45, 7) is 0.694. The average molecular weight is 246 g/mol. The van der Waals surface area contributed by atoms with Crippen molar-refractivity contribution >= 4 is 5.97 Å². The van der Waals surface area contributed by atoms with Gasteiger partial charge in [-0.1, -0.05) is 0 Å². The fourth-order valence-electron chi connectivity index (χ4n) is 1.00. The minimum Gasteiger partial charge on any atom is -0.547 e. The van der Waals surface area contributed by atoms with Gasteiger partial charge in [0.1, 0.15) is 24.4 Å². The number of rotatable bonds is 7. The maximum Gasteiger partial charge on any atom is 1.00 e. The average Bonchev–Trinajstić information content (AvgIpc) is 2.22. The number of ether oxygens (including phenoxy) is 1. The van der Waals surface area contributed by atoms with Gasteiger partial charge in [-0.05, 0) is 6.92 Å². The maximum atomic E-state index is 10.5. The zero-order chi connectivity index (χ0) is 12.0. The molecule has 0 aliphatic carbocycles. The van der Waals surface area contributed by atoms with E-state index in [2.05, 4.69) is 4.74 Å². The Morgan fingerprint density at radius 1 is 1.31 bits per heavy atom. The van der Waals surface area contributed by atoms with Gasteiger partial charge in [0.2, 0.25) is 0 Å². The summed E-state index contributed by atoms with van der Waals surface area (Å²) in [6.07, 6.45) is -7.06. The Morgan fingerprint density at radius 3 is 2.12 bits per heavy atom. The molecule has 0 amide bonds. The number of aliphatic carboxylic acids is 1. The summed E-state index contributed by atoms with van der Waals surface area (Å²) >= 11 is 0. The summed E-state index contributed by atoms with van der Waals surface area (Å²) in [5.41, 5.74) is 0. The second kappa shape index (κ2) is 9.32. The van der Waals surface area contributed by atoms with Crippen molar-refractivity contribution in [2.24, 2.45) is 0 Å². The van der Waals surface area contributed by atoms with Gasteiger partial charge < -0.3 is 35.1 Å². The number of carboxylic acids is 1. The Hall–Kier alpha value is 0.270. The quantitative estimate of drug-likeness (QED) is 0.328. The van der Waals surface area contributed by atoms with Crippen LogP contribution in [0.5, 0.6) is 0 Å². The number of carbonyl (C=O) groups is 1. The van der Waals surface area contributed by atoms with Gasteiger partial charge in [0.15, 0.2) is 0 Å². The second-order valence-electron chi connectivity index (χ2n) is 2.93. The van der Waals surface area contributed by atoms with Crippen molar-refractivity contribution in [3.63, 3.8) is 0 Å². The molecule has 16 heavy (non-hydrogen) atoms. The minimum atomic E-state index is -1.86. The van der Waals surface area contributed by atoms with Crippen molar-refractivity contribution < 1.29 is 64.6 Å². The number of carbonyl (C=O) groups excluding carboxylic acids is 1. The third-order valence-corrected chi connectivity index (χ3v) is 1.82. The van der Waals surface area contributed by atoms with Crippen LogP contribution in [0.2, 0.25) is 0 Å². The van der Waals surface area contributed by atoms with Crippen molar-refractivity contribution in [3.8, 4) is 0 Å². The van der Waals surface area contributed by atoms with Gasteiger partial charge in [0.05, 0.1) is 12.6 Å². The molecule has 0 rings (SSSR count). The summed E-state index contributed by atoms with van der Waals surface area (Å²) < 4.78 is 4.62. The molecule has 0 aliphatic heterocycles. The molecule has 90 valence electrons. The molecule has 0 spiro atoms. The van der Waals surface area contributed by atoms with Crippen LogP contribution in [-0.4, -0.2) is 64.0 Å². The molecular formula is C8H15NaO7. The predicted molar refractivity (Wildman–Crippen MR) is 45.5 cm³/mol. The summed E-state index contributed by atoms with van der Waals surface area (Å²) in [7, 11) is 0. The maximum absolute atomic E-state index is 10.5. The van der Waals surface area contributed by atoms with Crippen molar-refractivity contribution in [3.05, 3.63) is 0 Å². The fourth-order valence-corrected chi connectivity index (χ4v) is 1.00. The van der Waals surface area contributed by atoms with Crippen LogP contribution in [0.4, 0.5) is 0 Å². The van der Waals surface area contributed by atoms with E-state index in [0.29, 0.717) is 0 Å². The molecule has 4 unspecified atom stereocenters. The molecule has 4 atom stereocenters. The molecular weight excluding hydrogens is 231 g/mol. The molecule has 0 aromatic rings. The zero-order valence-corrected chi connectivity index (χ0v) is 11.2. The van der Waals surface area contributed by atoms with E-state index in [1.807, 2.05) is 0 Å². The van der Waals surface area contributed by atoms with Gasteiger partial charge in [-0.15, -0.1) is 0 Å². The molecule has 0 bridgehead atoms. The van der Waals surface area contributed by atoms with Crippen LogP contribution in [0.15, 0.2) is 0 Å². The molecule has 0 aromatic carbocycles. The minimum absolute atomic E-state index is 0. The molecule has 0 heterocycles. The molecule has 8 heteroatoms. The number of hydrogen-bond donors (Lipinski definition) is 4. The van der Waals surface area contributed by atoms with Crippen molar-refractivity contribution in [1.82, 2.24) is 0 Å². The third kappa shape index (κ3) is 5.55. The monoisotopic (exact) mass is 246 g/mol. The smallest absolute Gasteiger partial charge is 0.547 e. The molecule has 0 radical (unpaired) electrons. The Morgan fingerprint density at radius 2 is 1.81 bits per heavy atom. The topological polar surface area (TPSA) is 130 Å². The van der Waals surface area contributed by atoms with E-state index in [4.69, 9.17) is 10.2 Å². The SMILES string of the molecule is CCOC(C(=O)[O-])C(O)C(O)C(O)CO.[Na+]. The second-order valence-corrected chi connectivity index (χ2v) is 2.93. The molecule has 4 N–H and O–H groups in total. The summed E-state index contributed by atoms with van der Waals surface area (Å²) in [4.78, 5) is 10.5. The van der Waals surface area contributed by atoms with Crippen molar-refractivity contribution in [2.45, 2.75) is 31.3 Å². The van der Waals surface area contributed by atoms with Crippen LogP contribution < -0.4 is 34.7 Å². The Kier molecular flexibility index (Phi) is 10.8. The Labute approximate surface area is 115 Å². The first kappa shape index (κ1) is 18.6. The normalized spacial score (nSPS) is 18.1. The number of hydrogen-bond acceptors (Lipinski definition) is 7. The Bertz CT molecular complexity index is 201. The number of aliphatic hydroxyl groups is 4. The van der Waals surface area contributed by atoms with Crippen LogP contribution in [-0.2, 0) is 9.53 Å². The van der Waals surface area contributed by atoms with E-state index in [-0.39, 0.29) is 36.2 Å². The number of aliphatic hydroxyl groups excluding tert-OH is 4. The van der Waals surface area contributed by atoms with E-state index in [9.17, 15) is 20.1 Å². The fraction of sp³-hybridized carbons (Fsp3) is 0.875. The molecule has 0 fully saturated rings. The van der Waals surface area contributed by atoms with Gasteiger partial charge in [-0.2, -0.15) is 0 Å². The summed E-state index contributed by atoms with van der Waals surface area (Å²) in [5, 5.41) is 46.5. The Balaban J connectivity index is 0. The first-order chi connectivity index (χ1) is 6.95. The molecule has 0 saturated heterocycles. The molecule has 0 aliphatic rings. The van der Waals surface area contributed by atoms with E-state index in [0.717, 1.165) is 0 Å². The van der Waals surface area contributed by atoms with Gasteiger partial charge in [0.25, 0.3) is 0 Å². The van der Waals surface area contributed by atoms with Gasteiger partial charge in [0, 0.05) is 6.61 Å². The van der Waals surface area contributed by atoms with Crippen molar-refractivity contribution in [2.75, 3.05) is 13.2 Å². The number of carboxylic acid groups (broad SMARTS) is 1. The molecule has 0 saturated carbocycles. The van der Waals surface area contributed by atoms with Crippen molar-refractivity contribution in [1.29, 1.82) is 0 Å². The van der Waals surface area contributed by atoms with Crippen LogP contribution in [0.1, 0.15) is 6.92 Å². The van der Waals surface area contributed by atoms with E-state index >= 15 is 0 Å². The van der Waals surface area contributed by atoms with E-state index < -0.39 is 37.0 Å². The van der Waals surface area contributed by atoms with Gasteiger partial charge >= 0.3 is 29.6 Å². The summed E-state index contributed by atoms with van der Waals surface area (Å²) in [5.74, 6) is -1.70. The van der Waals surface area contributed by atoms with E-state index in [1.54, 1.807) is 0 Å². The predicted octanol–water partition coefficient (Wildman–Crippen LogP) is -6.78. The largest absolute Gasteiger partial charge is 1.00 e. The van der Waals surface area contributed by atoms with Crippen LogP contribution >= 0.6 is 0 Å². The van der Waals surface area contributed by atoms with Crippen LogP contribution in [0.25, 0.3) is 0 Å². The van der Waals surface area contributed by atoms with E-state index in [1.165, 1.54) is 6.92 Å². The first-order valence-corrected chi connectivity index (χ1v) is 4.43. The van der Waals surface area contributed by atoms with Crippen LogP contribution in [0.3, 0.4) is 0 Å². The van der Waals surface area contributed by atoms with Crippen LogP contribution in [0, 0.1) is 0 Å². The van der Waals surface area contributed by atoms with Gasteiger partial charge in [-0.3, -0.25) is 0 Å². The summed E-state index contributed by atoms with van der Waals surface area (Å²) in [6, 6.07) is 0. The third-order valence-electron chi connectivity index (χ3n) is 1.82. The standard InChI is InChI=1S/C8H16O7.Na/c1-2-15-7(8(13)14)6(12)5(11)4(10)3-9;/h4-7,9-12H,2-3H2,1H3,(H,13,14);/q;+1/p-1. The molecule has 7 nitrogen and oxygen atoms in total. The zero-order valence-electron chi connectivity index (χ0n) is 9.24. The first-order valence-electron chi connectivity index (χ1n) is 4.43.